The first-order valence-electron chi connectivity index (χ1n) is 8.31. The minimum Gasteiger partial charge on any atom is -0.350 e. The molecule has 1 aromatic heterocycles. The van der Waals surface area contributed by atoms with Crippen LogP contribution in [-0.4, -0.2) is 11.8 Å². The largest absolute Gasteiger partial charge is 0.350 e. The fraction of sp³-hybridized carbons (Fsp3) is 0.0476. The maximum atomic E-state index is 13.2. The first kappa shape index (κ1) is 17.7. The van der Waals surface area contributed by atoms with Gasteiger partial charge in [-0.25, -0.2) is 4.90 Å². The van der Waals surface area contributed by atoms with E-state index in [-0.39, 0.29) is 11.8 Å². The van der Waals surface area contributed by atoms with Crippen molar-refractivity contribution in [1.82, 2.24) is 0 Å². The van der Waals surface area contributed by atoms with Gasteiger partial charge in [0.1, 0.15) is 5.70 Å². The summed E-state index contributed by atoms with van der Waals surface area (Å²) in [6, 6.07) is 18.6. The summed E-state index contributed by atoms with van der Waals surface area (Å²) < 4.78 is 0.884. The highest BCUT2D eigenvalue weighted by molar-refractivity contribution is 9.10. The Balaban J connectivity index is 1.78. The van der Waals surface area contributed by atoms with Crippen LogP contribution in [0, 0.1) is 6.92 Å². The van der Waals surface area contributed by atoms with Crippen molar-refractivity contribution in [3.8, 4) is 0 Å². The number of carbonyl (C=O) groups excluding carboxylic acids is 2. The summed E-state index contributed by atoms with van der Waals surface area (Å²) in [5.41, 5.74) is 3.14. The smallest absolute Gasteiger partial charge is 0.282 e. The number of nitrogens with zero attached hydrogens (tertiary/aromatic N) is 1. The van der Waals surface area contributed by atoms with Crippen LogP contribution in [0.25, 0.3) is 5.57 Å². The van der Waals surface area contributed by atoms with Gasteiger partial charge in [-0.05, 0) is 54.8 Å². The Morgan fingerprint density at radius 1 is 0.926 bits per heavy atom. The molecule has 0 unspecified atom stereocenters. The summed E-state index contributed by atoms with van der Waals surface area (Å²) in [5, 5.41) is 5.06. The second-order valence-corrected chi connectivity index (χ2v) is 8.00. The van der Waals surface area contributed by atoms with Gasteiger partial charge in [-0.1, -0.05) is 39.7 Å². The molecule has 27 heavy (non-hydrogen) atoms. The van der Waals surface area contributed by atoms with E-state index in [1.807, 2.05) is 60.8 Å². The third-order valence-electron chi connectivity index (χ3n) is 4.26. The molecule has 1 N–H and O–H groups in total. The monoisotopic (exact) mass is 438 g/mol. The van der Waals surface area contributed by atoms with E-state index in [0.717, 1.165) is 20.6 Å². The minimum absolute atomic E-state index is 0.300. The molecule has 2 amide bonds. The van der Waals surface area contributed by atoms with Crippen molar-refractivity contribution in [2.45, 2.75) is 6.92 Å². The predicted octanol–water partition coefficient (Wildman–Crippen LogP) is 5.22. The van der Waals surface area contributed by atoms with Gasteiger partial charge >= 0.3 is 0 Å². The van der Waals surface area contributed by atoms with Crippen LogP contribution in [0.2, 0.25) is 0 Å². The lowest BCUT2D eigenvalue weighted by Gasteiger charge is -2.15. The Kier molecular flexibility index (Phi) is 4.68. The van der Waals surface area contributed by atoms with Crippen LogP contribution in [-0.2, 0) is 9.59 Å². The number of amides is 2. The number of halogens is 1. The number of thiophene rings is 1. The van der Waals surface area contributed by atoms with Gasteiger partial charge < -0.3 is 5.32 Å². The van der Waals surface area contributed by atoms with E-state index in [1.165, 1.54) is 16.2 Å². The zero-order valence-electron chi connectivity index (χ0n) is 14.4. The van der Waals surface area contributed by atoms with Crippen LogP contribution in [0.1, 0.15) is 10.4 Å². The first-order chi connectivity index (χ1) is 13.0. The number of imide groups is 1. The number of carbonyl (C=O) groups is 2. The summed E-state index contributed by atoms with van der Waals surface area (Å²) in [6.07, 6.45) is 0. The van der Waals surface area contributed by atoms with Gasteiger partial charge in [0.05, 0.1) is 11.3 Å². The first-order valence-corrected chi connectivity index (χ1v) is 9.98. The lowest BCUT2D eigenvalue weighted by Crippen LogP contribution is -2.32. The molecule has 2 heterocycles. The molecule has 4 nitrogen and oxygen atoms in total. The van der Waals surface area contributed by atoms with Gasteiger partial charge in [0.25, 0.3) is 11.8 Å². The number of hydrogen-bond donors (Lipinski definition) is 1. The number of benzene rings is 2. The average Bonchev–Trinajstić information content (AvgIpc) is 3.26. The highest BCUT2D eigenvalue weighted by Gasteiger charge is 2.40. The Labute approximate surface area is 169 Å². The van der Waals surface area contributed by atoms with Crippen molar-refractivity contribution in [1.29, 1.82) is 0 Å². The molecule has 4 rings (SSSR count). The molecule has 0 spiro atoms. The van der Waals surface area contributed by atoms with E-state index < -0.39 is 0 Å². The summed E-state index contributed by atoms with van der Waals surface area (Å²) >= 11 is 4.82. The molecular weight excluding hydrogens is 424 g/mol. The molecule has 0 fully saturated rings. The summed E-state index contributed by atoms with van der Waals surface area (Å²) in [7, 11) is 0. The minimum atomic E-state index is -0.355. The van der Waals surface area contributed by atoms with Gasteiger partial charge in [0.15, 0.2) is 0 Å². The normalized spacial score (nSPS) is 14.2. The van der Waals surface area contributed by atoms with Crippen molar-refractivity contribution in [3.05, 3.63) is 86.7 Å². The fourth-order valence-corrected chi connectivity index (χ4v) is 3.93. The summed E-state index contributed by atoms with van der Waals surface area (Å²) in [5.74, 6) is -0.675. The number of aryl methyl sites for hydroxylation is 1. The number of rotatable bonds is 4. The molecule has 134 valence electrons. The van der Waals surface area contributed by atoms with Crippen molar-refractivity contribution in [2.75, 3.05) is 10.2 Å². The maximum absolute atomic E-state index is 13.2. The van der Waals surface area contributed by atoms with Gasteiger partial charge in [-0.15, -0.1) is 11.3 Å². The quantitative estimate of drug-likeness (QED) is 0.568. The lowest BCUT2D eigenvalue weighted by atomic mass is 10.1. The Morgan fingerprint density at radius 2 is 1.63 bits per heavy atom. The van der Waals surface area contributed by atoms with E-state index in [9.17, 15) is 9.59 Å². The molecule has 0 saturated carbocycles. The van der Waals surface area contributed by atoms with E-state index in [2.05, 4.69) is 21.2 Å². The molecular formula is C21H15BrN2O2S. The SMILES string of the molecule is Cc1ccc(NC2=C(c3cccs3)C(=O)N(c3ccc(Br)cc3)C2=O)cc1. The second kappa shape index (κ2) is 7.13. The number of hydrogen-bond acceptors (Lipinski definition) is 4. The van der Waals surface area contributed by atoms with Crippen LogP contribution in [0.4, 0.5) is 11.4 Å². The topological polar surface area (TPSA) is 49.4 Å². The molecule has 3 aromatic rings. The van der Waals surface area contributed by atoms with E-state index in [4.69, 9.17) is 0 Å². The average molecular weight is 439 g/mol. The molecule has 0 atom stereocenters. The highest BCUT2D eigenvalue weighted by Crippen LogP contribution is 2.35. The highest BCUT2D eigenvalue weighted by atomic mass is 79.9. The molecule has 0 bridgehead atoms. The van der Waals surface area contributed by atoms with Crippen molar-refractivity contribution in [3.63, 3.8) is 0 Å². The summed E-state index contributed by atoms with van der Waals surface area (Å²) in [4.78, 5) is 28.3. The van der Waals surface area contributed by atoms with E-state index in [1.54, 1.807) is 12.1 Å². The third kappa shape index (κ3) is 3.34. The lowest BCUT2D eigenvalue weighted by molar-refractivity contribution is -0.120. The Morgan fingerprint density at radius 3 is 2.26 bits per heavy atom. The Bertz CT molecular complexity index is 1040. The zero-order valence-corrected chi connectivity index (χ0v) is 16.8. The van der Waals surface area contributed by atoms with Gasteiger partial charge in [0, 0.05) is 15.0 Å². The molecule has 6 heteroatoms. The molecule has 0 radical (unpaired) electrons. The predicted molar refractivity (Wildman–Crippen MR) is 113 cm³/mol. The van der Waals surface area contributed by atoms with Crippen molar-refractivity contribution < 1.29 is 9.59 Å². The van der Waals surface area contributed by atoms with Gasteiger partial charge in [-0.2, -0.15) is 0 Å². The fourth-order valence-electron chi connectivity index (χ4n) is 2.90. The number of nitrogens with one attached hydrogen (secondary N) is 1. The van der Waals surface area contributed by atoms with Gasteiger partial charge in [0.2, 0.25) is 0 Å². The van der Waals surface area contributed by atoms with Crippen LogP contribution in [0.3, 0.4) is 0 Å². The second-order valence-electron chi connectivity index (χ2n) is 6.14. The van der Waals surface area contributed by atoms with Crippen LogP contribution in [0.5, 0.6) is 0 Å². The molecule has 1 aliphatic rings. The molecule has 0 saturated heterocycles. The number of anilines is 2. The zero-order chi connectivity index (χ0) is 19.0. The van der Waals surface area contributed by atoms with Crippen LogP contribution in [0.15, 0.2) is 76.2 Å². The maximum Gasteiger partial charge on any atom is 0.282 e. The van der Waals surface area contributed by atoms with Gasteiger partial charge in [-0.3, -0.25) is 9.59 Å². The molecule has 1 aliphatic heterocycles. The van der Waals surface area contributed by atoms with Crippen LogP contribution >= 0.6 is 27.3 Å². The Hall–Kier alpha value is -2.70. The third-order valence-corrected chi connectivity index (χ3v) is 5.67. The standard InChI is InChI=1S/C21H15BrN2O2S/c1-13-4-8-15(9-5-13)23-19-18(17-3-2-12-27-17)20(25)24(21(19)26)16-10-6-14(22)7-11-16/h2-12,23H,1H3. The molecule has 0 aliphatic carbocycles. The summed E-state index contributed by atoms with van der Waals surface area (Å²) in [6.45, 7) is 2.00. The van der Waals surface area contributed by atoms with Crippen molar-refractivity contribution >= 4 is 56.0 Å². The van der Waals surface area contributed by atoms with E-state index >= 15 is 0 Å². The van der Waals surface area contributed by atoms with Crippen molar-refractivity contribution in [2.24, 2.45) is 0 Å². The molecule has 2 aromatic carbocycles. The van der Waals surface area contributed by atoms with Crippen LogP contribution < -0.4 is 10.2 Å². The van der Waals surface area contributed by atoms with E-state index in [0.29, 0.717) is 17.0 Å².